The van der Waals surface area contributed by atoms with Crippen LogP contribution >= 0.6 is 0 Å². The van der Waals surface area contributed by atoms with Gasteiger partial charge in [0.1, 0.15) is 5.75 Å². The molecule has 0 radical (unpaired) electrons. The minimum Gasteiger partial charge on any atom is -0.497 e. The van der Waals surface area contributed by atoms with Crippen molar-refractivity contribution in [1.82, 2.24) is 9.88 Å². The number of hydrogen-bond acceptors (Lipinski definition) is 5. The van der Waals surface area contributed by atoms with Crippen molar-refractivity contribution in [3.05, 3.63) is 55.8 Å². The van der Waals surface area contributed by atoms with E-state index >= 15 is 0 Å². The first-order valence-electron chi connectivity index (χ1n) is 8.32. The van der Waals surface area contributed by atoms with E-state index in [1.54, 1.807) is 13.3 Å². The summed E-state index contributed by atoms with van der Waals surface area (Å²) in [6, 6.07) is 7.73. The first kappa shape index (κ1) is 19.0. The maximum atomic E-state index is 10.8. The van der Waals surface area contributed by atoms with Crippen LogP contribution in [-0.4, -0.2) is 53.9 Å². The summed E-state index contributed by atoms with van der Waals surface area (Å²) in [6.45, 7) is 11.6. The van der Waals surface area contributed by atoms with Crippen molar-refractivity contribution in [2.75, 3.05) is 38.6 Å². The minimum atomic E-state index is -0.920. The third kappa shape index (κ3) is 5.31. The Morgan fingerprint density at radius 2 is 2.04 bits per heavy atom. The fraction of sp³-hybridized carbons (Fsp3) is 0.350. The number of aliphatic hydroxyl groups is 1. The van der Waals surface area contributed by atoms with E-state index in [2.05, 4.69) is 28.4 Å². The molecule has 0 bridgehead atoms. The van der Waals surface area contributed by atoms with Gasteiger partial charge < -0.3 is 15.2 Å². The van der Waals surface area contributed by atoms with Crippen molar-refractivity contribution in [3.63, 3.8) is 0 Å². The molecule has 0 saturated heterocycles. The van der Waals surface area contributed by atoms with Crippen molar-refractivity contribution in [3.8, 4) is 5.75 Å². The Labute approximate surface area is 149 Å². The van der Waals surface area contributed by atoms with E-state index in [4.69, 9.17) is 4.74 Å². The highest BCUT2D eigenvalue weighted by Crippen LogP contribution is 2.28. The second-order valence-electron chi connectivity index (χ2n) is 6.37. The summed E-state index contributed by atoms with van der Waals surface area (Å²) in [5, 5.41) is 15.1. The van der Waals surface area contributed by atoms with Gasteiger partial charge in [-0.05, 0) is 19.1 Å². The largest absolute Gasteiger partial charge is 0.497 e. The number of pyridine rings is 1. The Kier molecular flexibility index (Phi) is 6.56. The highest BCUT2D eigenvalue weighted by Gasteiger charge is 2.23. The van der Waals surface area contributed by atoms with Gasteiger partial charge in [-0.25, -0.2) is 0 Å². The van der Waals surface area contributed by atoms with Crippen LogP contribution in [0.4, 0.5) is 5.69 Å². The number of anilines is 1. The van der Waals surface area contributed by atoms with Gasteiger partial charge in [0.05, 0.1) is 23.9 Å². The molecule has 0 aliphatic heterocycles. The number of nitrogens with zero attached hydrogens (tertiary/aromatic N) is 2. The van der Waals surface area contributed by atoms with E-state index in [0.717, 1.165) is 22.3 Å². The van der Waals surface area contributed by atoms with Crippen LogP contribution in [0.2, 0.25) is 0 Å². The summed E-state index contributed by atoms with van der Waals surface area (Å²) in [5.41, 5.74) is 0.776. The molecule has 25 heavy (non-hydrogen) atoms. The molecule has 0 amide bonds. The van der Waals surface area contributed by atoms with Gasteiger partial charge in [0.2, 0.25) is 0 Å². The summed E-state index contributed by atoms with van der Waals surface area (Å²) in [5.74, 6) is 0.752. The Morgan fingerprint density at radius 3 is 2.68 bits per heavy atom. The van der Waals surface area contributed by atoms with Gasteiger partial charge in [-0.1, -0.05) is 18.2 Å². The third-order valence-electron chi connectivity index (χ3n) is 3.91. The molecule has 2 aromatic rings. The molecule has 1 aromatic heterocycles. The average molecular weight is 341 g/mol. The molecule has 2 N–H and O–H groups in total. The number of ether oxygens (including phenoxy) is 1. The molecule has 1 atom stereocenters. The first-order chi connectivity index (χ1) is 12.0. The number of methoxy groups -OCH3 is 1. The Bertz CT molecular complexity index is 718. The molecule has 0 aliphatic carbocycles. The predicted molar refractivity (Wildman–Crippen MR) is 104 cm³/mol. The lowest BCUT2D eigenvalue weighted by Gasteiger charge is -2.31. The van der Waals surface area contributed by atoms with Crippen LogP contribution in [0.3, 0.4) is 0 Å². The van der Waals surface area contributed by atoms with Crippen LogP contribution in [0.5, 0.6) is 5.75 Å². The van der Waals surface area contributed by atoms with Crippen LogP contribution in [0.25, 0.3) is 10.9 Å². The van der Waals surface area contributed by atoms with Crippen molar-refractivity contribution >= 4 is 16.6 Å². The number of aromatic nitrogens is 1. The van der Waals surface area contributed by atoms with Gasteiger partial charge in [-0.2, -0.15) is 0 Å². The van der Waals surface area contributed by atoms with E-state index in [9.17, 15) is 5.11 Å². The SMILES string of the molecule is C=CCN(CC=C)C[C@](C)(O)CNc1cc(OC)cc2cccnc12. The van der Waals surface area contributed by atoms with Gasteiger partial charge in [0.25, 0.3) is 0 Å². The lowest BCUT2D eigenvalue weighted by molar-refractivity contribution is 0.0380. The van der Waals surface area contributed by atoms with Crippen molar-refractivity contribution < 1.29 is 9.84 Å². The first-order valence-corrected chi connectivity index (χ1v) is 8.32. The zero-order chi connectivity index (χ0) is 18.3. The fourth-order valence-electron chi connectivity index (χ4n) is 2.81. The molecule has 1 aromatic carbocycles. The predicted octanol–water partition coefficient (Wildman–Crippen LogP) is 3.08. The third-order valence-corrected chi connectivity index (χ3v) is 3.91. The molecule has 5 heteroatoms. The van der Waals surface area contributed by atoms with Crippen molar-refractivity contribution in [2.24, 2.45) is 0 Å². The quantitative estimate of drug-likeness (QED) is 0.651. The number of nitrogens with one attached hydrogen (secondary N) is 1. The summed E-state index contributed by atoms with van der Waals surface area (Å²) in [4.78, 5) is 6.53. The van der Waals surface area contributed by atoms with Gasteiger partial charge in [-0.3, -0.25) is 9.88 Å². The van der Waals surface area contributed by atoms with E-state index in [-0.39, 0.29) is 0 Å². The molecule has 0 saturated carbocycles. The molecule has 5 nitrogen and oxygen atoms in total. The normalized spacial score (nSPS) is 13.4. The molecule has 134 valence electrons. The van der Waals surface area contributed by atoms with Crippen LogP contribution in [0.1, 0.15) is 6.92 Å². The molecule has 0 spiro atoms. The Hall–Kier alpha value is -2.37. The lowest BCUT2D eigenvalue weighted by atomic mass is 10.1. The van der Waals surface area contributed by atoms with Gasteiger partial charge in [-0.15, -0.1) is 13.2 Å². The Morgan fingerprint density at radius 1 is 1.32 bits per heavy atom. The highest BCUT2D eigenvalue weighted by molar-refractivity contribution is 5.91. The van der Waals surface area contributed by atoms with E-state index in [0.29, 0.717) is 26.2 Å². The second-order valence-corrected chi connectivity index (χ2v) is 6.37. The lowest BCUT2D eigenvalue weighted by Crippen LogP contribution is -2.45. The number of fused-ring (bicyclic) bond motifs is 1. The second kappa shape index (κ2) is 8.65. The van der Waals surface area contributed by atoms with E-state index in [1.807, 2.05) is 43.3 Å². The zero-order valence-corrected chi connectivity index (χ0v) is 15.0. The van der Waals surface area contributed by atoms with Gasteiger partial charge in [0, 0.05) is 43.8 Å². The topological polar surface area (TPSA) is 57.6 Å². The molecule has 0 unspecified atom stereocenters. The van der Waals surface area contributed by atoms with Crippen LogP contribution in [0, 0.1) is 0 Å². The van der Waals surface area contributed by atoms with Gasteiger partial charge in [0.15, 0.2) is 0 Å². The van der Waals surface area contributed by atoms with Crippen LogP contribution in [0.15, 0.2) is 55.8 Å². The van der Waals surface area contributed by atoms with Crippen molar-refractivity contribution in [2.45, 2.75) is 12.5 Å². The standard InChI is InChI=1S/C20H27N3O2/c1-5-10-23(11-6-2)15-20(3,24)14-22-18-13-17(25-4)12-16-8-7-9-21-19(16)18/h5-9,12-13,22,24H,1-2,10-11,14-15H2,3-4H3/t20-/m1/s1. The van der Waals surface area contributed by atoms with Gasteiger partial charge >= 0.3 is 0 Å². The summed E-state index contributed by atoms with van der Waals surface area (Å²) in [7, 11) is 1.64. The smallest absolute Gasteiger partial charge is 0.121 e. The number of benzene rings is 1. The van der Waals surface area contributed by atoms with E-state index in [1.165, 1.54) is 0 Å². The molecule has 0 aliphatic rings. The summed E-state index contributed by atoms with van der Waals surface area (Å²) < 4.78 is 5.36. The maximum Gasteiger partial charge on any atom is 0.121 e. The summed E-state index contributed by atoms with van der Waals surface area (Å²) >= 11 is 0. The summed E-state index contributed by atoms with van der Waals surface area (Å²) in [6.07, 6.45) is 5.41. The van der Waals surface area contributed by atoms with E-state index < -0.39 is 5.60 Å². The highest BCUT2D eigenvalue weighted by atomic mass is 16.5. The number of hydrogen-bond donors (Lipinski definition) is 2. The fourth-order valence-corrected chi connectivity index (χ4v) is 2.81. The molecular weight excluding hydrogens is 314 g/mol. The molecule has 0 fully saturated rings. The molecule has 2 rings (SSSR count). The molecular formula is C20H27N3O2. The Balaban J connectivity index is 2.15. The maximum absolute atomic E-state index is 10.8. The van der Waals surface area contributed by atoms with Crippen LogP contribution < -0.4 is 10.1 Å². The number of rotatable bonds is 10. The molecule has 1 heterocycles. The average Bonchev–Trinajstić information content (AvgIpc) is 2.59. The van der Waals surface area contributed by atoms with Crippen molar-refractivity contribution in [1.29, 1.82) is 0 Å². The zero-order valence-electron chi connectivity index (χ0n) is 15.0. The van der Waals surface area contributed by atoms with Crippen LogP contribution in [-0.2, 0) is 0 Å². The monoisotopic (exact) mass is 341 g/mol. The minimum absolute atomic E-state index is 0.386.